The molecule has 0 saturated carbocycles. The van der Waals surface area contributed by atoms with Gasteiger partial charge in [-0.3, -0.25) is 9.59 Å². The van der Waals surface area contributed by atoms with Crippen LogP contribution in [0.15, 0.2) is 17.5 Å². The van der Waals surface area contributed by atoms with Gasteiger partial charge in [-0.1, -0.05) is 6.07 Å². The highest BCUT2D eigenvalue weighted by Gasteiger charge is 2.32. The first-order valence-electron chi connectivity index (χ1n) is 8.24. The van der Waals surface area contributed by atoms with Crippen LogP contribution in [0.4, 0.5) is 0 Å². The highest BCUT2D eigenvalue weighted by Crippen LogP contribution is 2.24. The molecule has 2 rings (SSSR count). The summed E-state index contributed by atoms with van der Waals surface area (Å²) in [6.45, 7) is 9.04. The number of Topliss-reactive ketones (excluding diaryl/α,β-unsaturated/α-hetero) is 1. The molecule has 0 aliphatic heterocycles. The third-order valence-corrected chi connectivity index (χ3v) is 5.05. The maximum Gasteiger partial charge on any atom is 0.354 e. The molecule has 1 amide bonds. The molecule has 0 aliphatic carbocycles. The van der Waals surface area contributed by atoms with Gasteiger partial charge in [-0.25, -0.2) is 4.79 Å². The Morgan fingerprint density at radius 2 is 1.88 bits per heavy atom. The normalized spacial score (nSPS) is 11.3. The number of carbonyl (C=O) groups excluding carboxylic acids is 3. The summed E-state index contributed by atoms with van der Waals surface area (Å²) in [4.78, 5) is 42.7. The maximum absolute atomic E-state index is 13.0. The molecule has 7 heteroatoms. The molecule has 0 aliphatic rings. The SMILES string of the molecule is COC(=O)c1[nH]c(C)c(C(=O)CN(C(=O)c2cccs2)C(C)(C)C)c1C. The number of nitrogens with zero attached hydrogens (tertiary/aromatic N) is 1. The number of ketones is 1. The number of aryl methyl sites for hydroxylation is 1. The minimum absolute atomic E-state index is 0.0691. The van der Waals surface area contributed by atoms with Gasteiger partial charge in [-0.05, 0) is 51.6 Å². The molecule has 0 fully saturated rings. The number of methoxy groups -OCH3 is 1. The molecular formula is C19H24N2O4S. The second-order valence-electron chi connectivity index (χ2n) is 7.08. The molecule has 0 aromatic carbocycles. The molecule has 0 atom stereocenters. The molecule has 0 spiro atoms. The highest BCUT2D eigenvalue weighted by molar-refractivity contribution is 7.12. The predicted octanol–water partition coefficient (Wildman–Crippen LogP) is 3.60. The first-order valence-corrected chi connectivity index (χ1v) is 9.12. The Bertz CT molecular complexity index is 829. The molecule has 26 heavy (non-hydrogen) atoms. The third-order valence-electron chi connectivity index (χ3n) is 4.19. The molecule has 0 bridgehead atoms. The van der Waals surface area contributed by atoms with Crippen molar-refractivity contribution in [1.29, 1.82) is 0 Å². The minimum atomic E-state index is -0.528. The monoisotopic (exact) mass is 376 g/mol. The fraction of sp³-hybridized carbons (Fsp3) is 0.421. The van der Waals surface area contributed by atoms with Crippen LogP contribution >= 0.6 is 11.3 Å². The summed E-state index contributed by atoms with van der Waals surface area (Å²) in [6.07, 6.45) is 0. The zero-order valence-corrected chi connectivity index (χ0v) is 16.7. The third kappa shape index (κ3) is 3.88. The second-order valence-corrected chi connectivity index (χ2v) is 8.03. The zero-order valence-electron chi connectivity index (χ0n) is 15.9. The van der Waals surface area contributed by atoms with Crippen molar-refractivity contribution in [3.8, 4) is 0 Å². The molecule has 0 radical (unpaired) electrons. The first-order chi connectivity index (χ1) is 12.1. The number of aromatic nitrogens is 1. The average Bonchev–Trinajstić information content (AvgIpc) is 3.18. The lowest BCUT2D eigenvalue weighted by Crippen LogP contribution is -2.48. The fourth-order valence-corrected chi connectivity index (χ4v) is 3.52. The van der Waals surface area contributed by atoms with Crippen LogP contribution in [0.3, 0.4) is 0 Å². The molecule has 140 valence electrons. The number of hydrogen-bond donors (Lipinski definition) is 1. The molecule has 2 aromatic rings. The van der Waals surface area contributed by atoms with Crippen LogP contribution in [0.25, 0.3) is 0 Å². The number of aromatic amines is 1. The van der Waals surface area contributed by atoms with E-state index in [2.05, 4.69) is 4.98 Å². The number of nitrogens with one attached hydrogen (secondary N) is 1. The van der Waals surface area contributed by atoms with Crippen molar-refractivity contribution in [3.05, 3.63) is 44.9 Å². The van der Waals surface area contributed by atoms with Crippen LogP contribution in [0, 0.1) is 13.8 Å². The minimum Gasteiger partial charge on any atom is -0.464 e. The van der Waals surface area contributed by atoms with E-state index < -0.39 is 11.5 Å². The van der Waals surface area contributed by atoms with Crippen LogP contribution < -0.4 is 0 Å². The van der Waals surface area contributed by atoms with Crippen LogP contribution in [0.1, 0.15) is 62.5 Å². The fourth-order valence-electron chi connectivity index (χ4n) is 2.84. The summed E-state index contributed by atoms with van der Waals surface area (Å²) in [5, 5.41) is 1.83. The van der Waals surface area contributed by atoms with E-state index in [-0.39, 0.29) is 23.9 Å². The highest BCUT2D eigenvalue weighted by atomic mass is 32.1. The van der Waals surface area contributed by atoms with Crippen LogP contribution in [-0.2, 0) is 4.74 Å². The standard InChI is InChI=1S/C19H24N2O4S/c1-11-15(12(2)20-16(11)18(24)25-6)13(22)10-21(19(3,4)5)17(23)14-8-7-9-26-14/h7-9,20H,10H2,1-6H3. The molecule has 1 N–H and O–H groups in total. The Hall–Kier alpha value is -2.41. The Morgan fingerprint density at radius 1 is 1.23 bits per heavy atom. The van der Waals surface area contributed by atoms with Gasteiger partial charge in [0.05, 0.1) is 18.5 Å². The van der Waals surface area contributed by atoms with Crippen LogP contribution in [0.2, 0.25) is 0 Å². The topological polar surface area (TPSA) is 79.5 Å². The van der Waals surface area contributed by atoms with Gasteiger partial charge in [-0.15, -0.1) is 11.3 Å². The van der Waals surface area contributed by atoms with Crippen molar-refractivity contribution in [3.63, 3.8) is 0 Å². The quantitative estimate of drug-likeness (QED) is 0.639. The van der Waals surface area contributed by atoms with E-state index in [9.17, 15) is 14.4 Å². The molecule has 6 nitrogen and oxygen atoms in total. The number of thiophene rings is 1. The number of carbonyl (C=O) groups is 3. The number of H-pyrrole nitrogens is 1. The van der Waals surface area contributed by atoms with Crippen molar-refractivity contribution in [2.75, 3.05) is 13.7 Å². The predicted molar refractivity (Wildman–Crippen MR) is 101 cm³/mol. The summed E-state index contributed by atoms with van der Waals surface area (Å²) < 4.78 is 4.74. The number of hydrogen-bond acceptors (Lipinski definition) is 5. The average molecular weight is 376 g/mol. The van der Waals surface area contributed by atoms with Crippen LogP contribution in [-0.4, -0.2) is 46.7 Å². The summed E-state index contributed by atoms with van der Waals surface area (Å²) >= 11 is 1.35. The van der Waals surface area contributed by atoms with Gasteiger partial charge in [-0.2, -0.15) is 0 Å². The van der Waals surface area contributed by atoms with E-state index in [1.165, 1.54) is 18.4 Å². The lowest BCUT2D eigenvalue weighted by atomic mass is 10.0. The molecule has 0 saturated heterocycles. The van der Waals surface area contributed by atoms with Crippen molar-refractivity contribution in [1.82, 2.24) is 9.88 Å². The lowest BCUT2D eigenvalue weighted by Gasteiger charge is -2.35. The van der Waals surface area contributed by atoms with E-state index in [4.69, 9.17) is 4.74 Å². The van der Waals surface area contributed by atoms with E-state index >= 15 is 0 Å². The van der Waals surface area contributed by atoms with Gasteiger partial charge in [0.25, 0.3) is 5.91 Å². The largest absolute Gasteiger partial charge is 0.464 e. The van der Waals surface area contributed by atoms with Gasteiger partial charge in [0.1, 0.15) is 5.69 Å². The summed E-state index contributed by atoms with van der Waals surface area (Å²) in [6, 6.07) is 3.56. The van der Waals surface area contributed by atoms with Crippen molar-refractivity contribution < 1.29 is 19.1 Å². The maximum atomic E-state index is 13.0. The van der Waals surface area contributed by atoms with Gasteiger partial charge < -0.3 is 14.6 Å². The lowest BCUT2D eigenvalue weighted by molar-refractivity contribution is 0.0550. The van der Waals surface area contributed by atoms with Crippen molar-refractivity contribution in [2.45, 2.75) is 40.2 Å². The van der Waals surface area contributed by atoms with Gasteiger partial charge in [0.15, 0.2) is 5.78 Å². The smallest absolute Gasteiger partial charge is 0.354 e. The Balaban J connectivity index is 2.35. The Morgan fingerprint density at radius 3 is 2.38 bits per heavy atom. The summed E-state index contributed by atoms with van der Waals surface area (Å²) in [5.41, 5.74) is 1.29. The second kappa shape index (κ2) is 7.45. The molecular weight excluding hydrogens is 352 g/mol. The van der Waals surface area contributed by atoms with E-state index in [0.717, 1.165) is 0 Å². The van der Waals surface area contributed by atoms with E-state index in [1.807, 2.05) is 32.2 Å². The number of rotatable bonds is 5. The number of amides is 1. The van der Waals surface area contributed by atoms with Gasteiger partial charge >= 0.3 is 5.97 Å². The number of esters is 1. The van der Waals surface area contributed by atoms with Crippen LogP contribution in [0.5, 0.6) is 0 Å². The summed E-state index contributed by atoms with van der Waals surface area (Å²) in [5.74, 6) is -0.918. The molecule has 0 unspecified atom stereocenters. The van der Waals surface area contributed by atoms with Crippen molar-refractivity contribution in [2.24, 2.45) is 0 Å². The first kappa shape index (κ1) is 19.9. The molecule has 2 aromatic heterocycles. The Labute approximate surface area is 157 Å². The van der Waals surface area contributed by atoms with Gasteiger partial charge in [0.2, 0.25) is 0 Å². The van der Waals surface area contributed by atoms with Gasteiger partial charge in [0, 0.05) is 16.8 Å². The molecule has 2 heterocycles. The van der Waals surface area contributed by atoms with Crippen molar-refractivity contribution >= 4 is 29.0 Å². The zero-order chi connectivity index (χ0) is 19.6. The van der Waals surface area contributed by atoms with E-state index in [1.54, 1.807) is 24.8 Å². The van der Waals surface area contributed by atoms with E-state index in [0.29, 0.717) is 21.7 Å². The summed E-state index contributed by atoms with van der Waals surface area (Å²) in [7, 11) is 1.29. The number of ether oxygens (including phenoxy) is 1. The Kier molecular flexibility index (Phi) is 5.71.